The van der Waals surface area contributed by atoms with Gasteiger partial charge in [-0.3, -0.25) is 19.3 Å². The number of carbonyl (C=O) groups is 2. The van der Waals surface area contributed by atoms with E-state index in [1.807, 2.05) is 44.2 Å². The molecule has 0 radical (unpaired) electrons. The van der Waals surface area contributed by atoms with Crippen molar-refractivity contribution in [2.75, 3.05) is 26.2 Å². The lowest BCUT2D eigenvalue weighted by Crippen LogP contribution is -2.48. The molecule has 1 amide bonds. The highest BCUT2D eigenvalue weighted by Gasteiger charge is 2.19. The molecule has 1 aromatic carbocycles. The van der Waals surface area contributed by atoms with Gasteiger partial charge < -0.3 is 10.3 Å². The smallest absolute Gasteiger partial charge is 0.251 e. The molecule has 1 unspecified atom stereocenters. The van der Waals surface area contributed by atoms with Gasteiger partial charge in [0.2, 0.25) is 5.91 Å². The fraction of sp³-hybridized carbons (Fsp3) is 0.435. The van der Waals surface area contributed by atoms with Crippen molar-refractivity contribution in [3.63, 3.8) is 0 Å². The average Bonchev–Trinajstić information content (AvgIpc) is 2.67. The Balaban J connectivity index is 1.58. The summed E-state index contributed by atoms with van der Waals surface area (Å²) in [5.41, 5.74) is 4.15. The van der Waals surface area contributed by atoms with Gasteiger partial charge in [0.1, 0.15) is 0 Å². The lowest BCUT2D eigenvalue weighted by atomic mass is 9.96. The Morgan fingerprint density at radius 1 is 1.17 bits per heavy atom. The minimum absolute atomic E-state index is 0.0382. The van der Waals surface area contributed by atoms with Gasteiger partial charge in [0, 0.05) is 42.9 Å². The molecular formula is C23H29N3O3. The minimum atomic E-state index is -0.106. The Kier molecular flexibility index (Phi) is 6.64. The number of rotatable bonds is 7. The summed E-state index contributed by atoms with van der Waals surface area (Å²) in [7, 11) is 0. The maximum atomic E-state index is 12.6. The molecule has 1 aliphatic heterocycles. The molecule has 2 N–H and O–H groups in total. The zero-order valence-electron chi connectivity index (χ0n) is 17.4. The molecule has 0 spiro atoms. The molecule has 0 bridgehead atoms. The highest BCUT2D eigenvalue weighted by molar-refractivity contribution is 5.96. The Morgan fingerprint density at radius 2 is 1.90 bits per heavy atom. The van der Waals surface area contributed by atoms with Crippen LogP contribution in [0.15, 0.2) is 35.1 Å². The summed E-state index contributed by atoms with van der Waals surface area (Å²) in [6.45, 7) is 8.72. The van der Waals surface area contributed by atoms with Gasteiger partial charge in [-0.1, -0.05) is 31.2 Å². The van der Waals surface area contributed by atoms with Crippen molar-refractivity contribution >= 4 is 11.7 Å². The van der Waals surface area contributed by atoms with Gasteiger partial charge in [0.15, 0.2) is 5.78 Å². The van der Waals surface area contributed by atoms with E-state index in [0.717, 1.165) is 29.9 Å². The number of amides is 1. The monoisotopic (exact) mass is 395 g/mol. The molecule has 6 heteroatoms. The van der Waals surface area contributed by atoms with Gasteiger partial charge in [-0.25, -0.2) is 0 Å². The van der Waals surface area contributed by atoms with E-state index >= 15 is 0 Å². The van der Waals surface area contributed by atoms with Gasteiger partial charge in [-0.2, -0.15) is 0 Å². The van der Waals surface area contributed by atoms with Crippen molar-refractivity contribution in [1.82, 2.24) is 15.2 Å². The highest BCUT2D eigenvalue weighted by Crippen LogP contribution is 2.19. The van der Waals surface area contributed by atoms with Crippen molar-refractivity contribution in [2.45, 2.75) is 39.5 Å². The summed E-state index contributed by atoms with van der Waals surface area (Å²) in [5.74, 6) is 0.391. The topological polar surface area (TPSA) is 82.3 Å². The Bertz CT molecular complexity index is 947. The molecule has 29 heavy (non-hydrogen) atoms. The Hall–Kier alpha value is -2.73. The third-order valence-electron chi connectivity index (χ3n) is 5.55. The van der Waals surface area contributed by atoms with Gasteiger partial charge in [-0.15, -0.1) is 0 Å². The van der Waals surface area contributed by atoms with Crippen LogP contribution in [0.5, 0.6) is 0 Å². The van der Waals surface area contributed by atoms with E-state index in [9.17, 15) is 14.4 Å². The fourth-order valence-electron chi connectivity index (χ4n) is 3.91. The van der Waals surface area contributed by atoms with Crippen LogP contribution in [0, 0.1) is 13.8 Å². The molecule has 0 saturated carbocycles. The molecule has 1 atom stereocenters. The number of benzene rings is 1. The second-order valence-corrected chi connectivity index (χ2v) is 7.97. The number of pyridine rings is 1. The average molecular weight is 396 g/mol. The molecule has 0 aliphatic carbocycles. The molecule has 1 aromatic heterocycles. The summed E-state index contributed by atoms with van der Waals surface area (Å²) < 4.78 is 0. The lowest BCUT2D eigenvalue weighted by molar-refractivity contribution is -0.124. The Labute approximate surface area is 171 Å². The summed E-state index contributed by atoms with van der Waals surface area (Å²) in [6, 6.07) is 9.65. The predicted octanol–water partition coefficient (Wildman–Crippen LogP) is 2.34. The second-order valence-electron chi connectivity index (χ2n) is 7.97. The molecular weight excluding hydrogens is 366 g/mol. The van der Waals surface area contributed by atoms with Gasteiger partial charge in [0.05, 0.1) is 6.54 Å². The number of hydrogen-bond acceptors (Lipinski definition) is 4. The molecule has 2 aromatic rings. The van der Waals surface area contributed by atoms with Gasteiger partial charge in [-0.05, 0) is 43.4 Å². The first-order chi connectivity index (χ1) is 13.8. The molecule has 2 heterocycles. The standard InChI is InChI=1S/C23H29N3O3/c1-15-12-17(3)25-23(29)20(15)8-9-21(27)19-6-4-18(5-7-19)16(2)13-26-11-10-24-22(28)14-26/h4-7,12,16H,8-11,13-14H2,1-3H3,(H,24,28)(H,25,29). The summed E-state index contributed by atoms with van der Waals surface area (Å²) >= 11 is 0. The molecule has 154 valence electrons. The van der Waals surface area contributed by atoms with Crippen LogP contribution in [0.25, 0.3) is 0 Å². The number of piperazine rings is 1. The van der Waals surface area contributed by atoms with Crippen LogP contribution >= 0.6 is 0 Å². The second kappa shape index (κ2) is 9.18. The van der Waals surface area contributed by atoms with Crippen LogP contribution in [-0.2, 0) is 11.2 Å². The SMILES string of the molecule is Cc1cc(C)c(CCC(=O)c2ccc(C(C)CN3CCNC(=O)C3)cc2)c(=O)[nH]1. The Morgan fingerprint density at radius 3 is 2.55 bits per heavy atom. The predicted molar refractivity (Wildman–Crippen MR) is 113 cm³/mol. The minimum Gasteiger partial charge on any atom is -0.354 e. The van der Waals surface area contributed by atoms with Crippen LogP contribution < -0.4 is 10.9 Å². The number of ketones is 1. The van der Waals surface area contributed by atoms with E-state index in [-0.39, 0.29) is 23.2 Å². The number of carbonyl (C=O) groups excluding carboxylic acids is 2. The lowest BCUT2D eigenvalue weighted by Gasteiger charge is -2.29. The molecule has 1 saturated heterocycles. The summed E-state index contributed by atoms with van der Waals surface area (Å²) in [5, 5.41) is 2.84. The fourth-order valence-corrected chi connectivity index (χ4v) is 3.91. The normalized spacial score (nSPS) is 15.8. The van der Waals surface area contributed by atoms with E-state index < -0.39 is 0 Å². The van der Waals surface area contributed by atoms with E-state index in [1.165, 1.54) is 0 Å². The third kappa shape index (κ3) is 5.41. The molecule has 3 rings (SSSR count). The first kappa shape index (κ1) is 21.0. The zero-order valence-corrected chi connectivity index (χ0v) is 17.4. The van der Waals surface area contributed by atoms with Crippen molar-refractivity contribution in [3.05, 3.63) is 68.6 Å². The van der Waals surface area contributed by atoms with Crippen molar-refractivity contribution in [2.24, 2.45) is 0 Å². The number of nitrogens with zero attached hydrogens (tertiary/aromatic N) is 1. The molecule has 1 aliphatic rings. The molecule has 1 fully saturated rings. The van der Waals surface area contributed by atoms with Crippen LogP contribution in [-0.4, -0.2) is 47.8 Å². The van der Waals surface area contributed by atoms with Crippen LogP contribution in [0.2, 0.25) is 0 Å². The van der Waals surface area contributed by atoms with Crippen LogP contribution in [0.1, 0.15) is 52.0 Å². The first-order valence-corrected chi connectivity index (χ1v) is 10.1. The van der Waals surface area contributed by atoms with Crippen molar-refractivity contribution in [3.8, 4) is 0 Å². The van der Waals surface area contributed by atoms with Crippen LogP contribution in [0.4, 0.5) is 0 Å². The number of hydrogen-bond donors (Lipinski definition) is 2. The van der Waals surface area contributed by atoms with Crippen LogP contribution in [0.3, 0.4) is 0 Å². The zero-order chi connectivity index (χ0) is 21.0. The van der Waals surface area contributed by atoms with Gasteiger partial charge in [0.25, 0.3) is 5.56 Å². The largest absolute Gasteiger partial charge is 0.354 e. The van der Waals surface area contributed by atoms with Crippen molar-refractivity contribution < 1.29 is 9.59 Å². The summed E-state index contributed by atoms with van der Waals surface area (Å²) in [4.78, 5) is 41.2. The quantitative estimate of drug-likeness (QED) is 0.705. The maximum absolute atomic E-state index is 12.6. The first-order valence-electron chi connectivity index (χ1n) is 10.1. The van der Waals surface area contributed by atoms with Gasteiger partial charge >= 0.3 is 0 Å². The van der Waals surface area contributed by atoms with E-state index in [1.54, 1.807) is 0 Å². The number of aryl methyl sites for hydroxylation is 2. The third-order valence-corrected chi connectivity index (χ3v) is 5.55. The van der Waals surface area contributed by atoms with Crippen molar-refractivity contribution in [1.29, 1.82) is 0 Å². The van der Waals surface area contributed by atoms with E-state index in [2.05, 4.69) is 22.1 Å². The number of aromatic amines is 1. The van der Waals surface area contributed by atoms with E-state index in [4.69, 9.17) is 0 Å². The number of nitrogens with one attached hydrogen (secondary N) is 2. The number of Topliss-reactive ketones (excluding diaryl/α,β-unsaturated/α-hetero) is 1. The number of aromatic nitrogens is 1. The molecule has 6 nitrogen and oxygen atoms in total. The highest BCUT2D eigenvalue weighted by atomic mass is 16.2. The number of H-pyrrole nitrogens is 1. The van der Waals surface area contributed by atoms with E-state index in [0.29, 0.717) is 37.1 Å². The maximum Gasteiger partial charge on any atom is 0.251 e. The summed E-state index contributed by atoms with van der Waals surface area (Å²) in [6.07, 6.45) is 0.750.